The number of nitrogens with zero attached hydrogens (tertiary/aromatic N) is 4. The molecular weight excluding hydrogens is 400 g/mol. The molecule has 0 unspecified atom stereocenters. The molecule has 1 aliphatic heterocycles. The van der Waals surface area contributed by atoms with Crippen LogP contribution >= 0.6 is 11.8 Å². The van der Waals surface area contributed by atoms with Crippen LogP contribution in [0.2, 0.25) is 0 Å². The Morgan fingerprint density at radius 2 is 1.77 bits per heavy atom. The van der Waals surface area contributed by atoms with Crippen molar-refractivity contribution in [2.24, 2.45) is 0 Å². The van der Waals surface area contributed by atoms with E-state index in [9.17, 15) is 4.79 Å². The van der Waals surface area contributed by atoms with Gasteiger partial charge in [0.15, 0.2) is 0 Å². The van der Waals surface area contributed by atoms with Crippen LogP contribution in [0.3, 0.4) is 0 Å². The van der Waals surface area contributed by atoms with Crippen molar-refractivity contribution in [3.8, 4) is 5.75 Å². The number of carbonyl (C=O) groups is 1. The fourth-order valence-corrected chi connectivity index (χ4v) is 4.12. The fourth-order valence-electron chi connectivity index (χ4n) is 3.44. The monoisotopic (exact) mass is 424 g/mol. The Balaban J connectivity index is 1.25. The van der Waals surface area contributed by atoms with E-state index in [-0.39, 0.29) is 5.91 Å². The minimum atomic E-state index is 0.0856. The van der Waals surface area contributed by atoms with Crippen molar-refractivity contribution in [1.29, 1.82) is 0 Å². The Bertz CT molecular complexity index is 971. The SMILES string of the molecule is COc1ccccc1N1CCN(C(=O)CSc2nnc(Cc3ccccc3)o2)CC1. The molecule has 2 heterocycles. The summed E-state index contributed by atoms with van der Waals surface area (Å²) in [6.45, 7) is 2.91. The largest absolute Gasteiger partial charge is 0.495 e. The Kier molecular flexibility index (Phi) is 6.53. The molecule has 4 rings (SSSR count). The number of rotatable bonds is 7. The van der Waals surface area contributed by atoms with Crippen molar-refractivity contribution >= 4 is 23.4 Å². The van der Waals surface area contributed by atoms with E-state index in [2.05, 4.69) is 21.2 Å². The lowest BCUT2D eigenvalue weighted by atomic mass is 10.2. The number of amides is 1. The maximum atomic E-state index is 12.6. The normalized spacial score (nSPS) is 14.0. The Morgan fingerprint density at radius 3 is 2.53 bits per heavy atom. The fraction of sp³-hybridized carbons (Fsp3) is 0.318. The molecule has 1 saturated heterocycles. The number of aromatic nitrogens is 2. The summed E-state index contributed by atoms with van der Waals surface area (Å²) >= 11 is 1.29. The van der Waals surface area contributed by atoms with Crippen LogP contribution in [0, 0.1) is 0 Å². The van der Waals surface area contributed by atoms with Gasteiger partial charge in [-0.1, -0.05) is 54.2 Å². The smallest absolute Gasteiger partial charge is 0.277 e. The van der Waals surface area contributed by atoms with Crippen molar-refractivity contribution in [3.05, 3.63) is 66.1 Å². The van der Waals surface area contributed by atoms with Gasteiger partial charge in [0.2, 0.25) is 11.8 Å². The van der Waals surface area contributed by atoms with E-state index in [1.54, 1.807) is 7.11 Å². The molecule has 7 nitrogen and oxygen atoms in total. The van der Waals surface area contributed by atoms with Crippen LogP contribution in [0.25, 0.3) is 0 Å². The third-order valence-corrected chi connectivity index (χ3v) is 5.83. The molecular formula is C22H24N4O3S. The molecule has 1 aliphatic rings. The lowest BCUT2D eigenvalue weighted by Crippen LogP contribution is -2.49. The van der Waals surface area contributed by atoms with Gasteiger partial charge in [0.05, 0.1) is 25.0 Å². The second-order valence-corrected chi connectivity index (χ2v) is 7.88. The van der Waals surface area contributed by atoms with Crippen molar-refractivity contribution in [2.45, 2.75) is 11.6 Å². The summed E-state index contributed by atoms with van der Waals surface area (Å²) in [6, 6.07) is 17.9. The molecule has 0 bridgehead atoms. The van der Waals surface area contributed by atoms with Crippen molar-refractivity contribution in [2.75, 3.05) is 43.9 Å². The first-order chi connectivity index (χ1) is 14.7. The quantitative estimate of drug-likeness (QED) is 0.540. The van der Waals surface area contributed by atoms with Crippen LogP contribution in [0.5, 0.6) is 5.75 Å². The van der Waals surface area contributed by atoms with Crippen LogP contribution in [0.15, 0.2) is 64.2 Å². The van der Waals surface area contributed by atoms with Crippen LogP contribution in [-0.4, -0.2) is 60.0 Å². The average Bonchev–Trinajstić information content (AvgIpc) is 3.25. The molecule has 0 spiro atoms. The zero-order chi connectivity index (χ0) is 20.8. The number of methoxy groups -OCH3 is 1. The molecule has 1 aromatic heterocycles. The number of thioether (sulfide) groups is 1. The van der Waals surface area contributed by atoms with Crippen molar-refractivity contribution in [3.63, 3.8) is 0 Å². The number of anilines is 1. The van der Waals surface area contributed by atoms with Crippen molar-refractivity contribution in [1.82, 2.24) is 15.1 Å². The third-order valence-electron chi connectivity index (χ3n) is 5.02. The topological polar surface area (TPSA) is 71.7 Å². The first kappa shape index (κ1) is 20.3. The predicted molar refractivity (Wildman–Crippen MR) is 116 cm³/mol. The number of para-hydroxylation sites is 2. The second-order valence-electron chi connectivity index (χ2n) is 6.95. The summed E-state index contributed by atoms with van der Waals surface area (Å²) in [5.41, 5.74) is 2.18. The standard InChI is InChI=1S/C22H24N4O3S/c1-28-19-10-6-5-9-18(19)25-11-13-26(14-12-25)21(27)16-30-22-24-23-20(29-22)15-17-7-3-2-4-8-17/h2-10H,11-16H2,1H3. The van der Waals surface area contributed by atoms with Gasteiger partial charge in [0, 0.05) is 26.2 Å². The van der Waals surface area contributed by atoms with Crippen LogP contribution in [-0.2, 0) is 11.2 Å². The Labute approximate surface area is 180 Å². The number of carbonyl (C=O) groups excluding carboxylic acids is 1. The van der Waals surface area contributed by atoms with Crippen LogP contribution in [0.4, 0.5) is 5.69 Å². The molecule has 2 aromatic carbocycles. The summed E-state index contributed by atoms with van der Waals surface area (Å²) in [5.74, 6) is 1.79. The highest BCUT2D eigenvalue weighted by Crippen LogP contribution is 2.28. The first-order valence-corrected chi connectivity index (χ1v) is 10.9. The lowest BCUT2D eigenvalue weighted by Gasteiger charge is -2.36. The summed E-state index contributed by atoms with van der Waals surface area (Å²) < 4.78 is 11.1. The number of piperazine rings is 1. The Hall–Kier alpha value is -3.00. The van der Waals surface area contributed by atoms with E-state index in [1.165, 1.54) is 11.8 Å². The molecule has 0 saturated carbocycles. The van der Waals surface area contributed by atoms with Gasteiger partial charge >= 0.3 is 0 Å². The molecule has 0 radical (unpaired) electrons. The number of benzene rings is 2. The van der Waals surface area contributed by atoms with Gasteiger partial charge in [-0.3, -0.25) is 4.79 Å². The summed E-state index contributed by atoms with van der Waals surface area (Å²) in [5, 5.41) is 8.57. The zero-order valence-corrected chi connectivity index (χ0v) is 17.7. The summed E-state index contributed by atoms with van der Waals surface area (Å²) in [4.78, 5) is 16.8. The van der Waals surface area contributed by atoms with Crippen LogP contribution < -0.4 is 9.64 Å². The summed E-state index contributed by atoms with van der Waals surface area (Å²) in [6.07, 6.45) is 0.591. The second kappa shape index (κ2) is 9.67. The van der Waals surface area contributed by atoms with Crippen molar-refractivity contribution < 1.29 is 13.9 Å². The maximum absolute atomic E-state index is 12.6. The molecule has 1 fully saturated rings. The molecule has 3 aromatic rings. The van der Waals surface area contributed by atoms with E-state index in [1.807, 2.05) is 53.4 Å². The Morgan fingerprint density at radius 1 is 1.03 bits per heavy atom. The molecule has 30 heavy (non-hydrogen) atoms. The van der Waals surface area contributed by atoms with Crippen LogP contribution in [0.1, 0.15) is 11.5 Å². The zero-order valence-electron chi connectivity index (χ0n) is 16.9. The van der Waals surface area contributed by atoms with Gasteiger partial charge in [-0.05, 0) is 17.7 Å². The number of hydrogen-bond donors (Lipinski definition) is 0. The molecule has 156 valence electrons. The number of ether oxygens (including phenoxy) is 1. The first-order valence-electron chi connectivity index (χ1n) is 9.88. The molecule has 1 amide bonds. The van der Waals surface area contributed by atoms with Gasteiger partial charge in [-0.2, -0.15) is 0 Å². The molecule has 8 heteroatoms. The highest BCUT2D eigenvalue weighted by molar-refractivity contribution is 7.99. The molecule has 0 aliphatic carbocycles. The minimum Gasteiger partial charge on any atom is -0.495 e. The average molecular weight is 425 g/mol. The third kappa shape index (κ3) is 4.94. The minimum absolute atomic E-state index is 0.0856. The van der Waals surface area contributed by atoms with Gasteiger partial charge in [0.25, 0.3) is 5.22 Å². The van der Waals surface area contributed by atoms with Gasteiger partial charge in [0.1, 0.15) is 5.75 Å². The molecule has 0 atom stereocenters. The van der Waals surface area contributed by atoms with E-state index < -0.39 is 0 Å². The van der Waals surface area contributed by atoms with E-state index in [4.69, 9.17) is 9.15 Å². The number of hydrogen-bond acceptors (Lipinski definition) is 7. The van der Waals surface area contributed by atoms with Gasteiger partial charge < -0.3 is 19.0 Å². The maximum Gasteiger partial charge on any atom is 0.277 e. The van der Waals surface area contributed by atoms with Gasteiger partial charge in [-0.15, -0.1) is 10.2 Å². The predicted octanol–water partition coefficient (Wildman–Crippen LogP) is 3.11. The van der Waals surface area contributed by atoms with E-state index >= 15 is 0 Å². The lowest BCUT2D eigenvalue weighted by molar-refractivity contribution is -0.128. The highest BCUT2D eigenvalue weighted by Gasteiger charge is 2.23. The highest BCUT2D eigenvalue weighted by atomic mass is 32.2. The van der Waals surface area contributed by atoms with Gasteiger partial charge in [-0.25, -0.2) is 0 Å². The summed E-state index contributed by atoms with van der Waals surface area (Å²) in [7, 11) is 1.68. The van der Waals surface area contributed by atoms with E-state index in [0.717, 1.165) is 30.1 Å². The molecule has 0 N–H and O–H groups in total. The van der Waals surface area contributed by atoms with E-state index in [0.29, 0.717) is 36.4 Å².